The number of nitrogens with zero attached hydrogens (tertiary/aromatic N) is 3. The van der Waals surface area contributed by atoms with Gasteiger partial charge in [-0.2, -0.15) is 0 Å². The summed E-state index contributed by atoms with van der Waals surface area (Å²) in [5, 5.41) is 9.87. The maximum atomic E-state index is 6.40. The first kappa shape index (κ1) is 12.9. The van der Waals surface area contributed by atoms with E-state index in [4.69, 9.17) is 23.2 Å². The van der Waals surface area contributed by atoms with Crippen molar-refractivity contribution in [2.24, 2.45) is 0 Å². The number of hydrogen-bond donors (Lipinski definition) is 0. The molecule has 0 bridgehead atoms. The molecule has 19 heavy (non-hydrogen) atoms. The van der Waals surface area contributed by atoms with Crippen LogP contribution in [-0.2, 0) is 6.54 Å². The van der Waals surface area contributed by atoms with Crippen molar-refractivity contribution in [1.29, 1.82) is 0 Å². The number of fused-ring (bicyclic) bond motifs is 1. The highest BCUT2D eigenvalue weighted by molar-refractivity contribution is 7.19. The van der Waals surface area contributed by atoms with Crippen LogP contribution in [-0.4, -0.2) is 15.0 Å². The Balaban J connectivity index is 1.94. The lowest BCUT2D eigenvalue weighted by atomic mass is 10.2. The molecule has 3 rings (SSSR count). The Hall–Kier alpha value is -1.10. The summed E-state index contributed by atoms with van der Waals surface area (Å²) in [5.41, 5.74) is 0.777. The van der Waals surface area contributed by atoms with Crippen molar-refractivity contribution in [3.63, 3.8) is 0 Å². The van der Waals surface area contributed by atoms with Crippen LogP contribution < -0.4 is 0 Å². The minimum absolute atomic E-state index is 0.133. The van der Waals surface area contributed by atoms with Crippen molar-refractivity contribution >= 4 is 44.6 Å². The number of halogens is 2. The monoisotopic (exact) mass is 311 g/mol. The van der Waals surface area contributed by atoms with Crippen molar-refractivity contribution in [1.82, 2.24) is 15.0 Å². The average Bonchev–Trinajstić information content (AvgIpc) is 2.97. The fraction of sp³-hybridized carbons (Fsp3) is 0.231. The quantitative estimate of drug-likeness (QED) is 0.667. The smallest absolute Gasteiger partial charge is 0.100 e. The molecular formula is C13H11Cl2N3S. The maximum absolute atomic E-state index is 6.40. The zero-order valence-electron chi connectivity index (χ0n) is 10.2. The second kappa shape index (κ2) is 5.12. The molecule has 0 amide bonds. The topological polar surface area (TPSA) is 30.7 Å². The van der Waals surface area contributed by atoms with Gasteiger partial charge >= 0.3 is 0 Å². The molecule has 3 aromatic rings. The van der Waals surface area contributed by atoms with E-state index in [9.17, 15) is 0 Å². The van der Waals surface area contributed by atoms with E-state index in [2.05, 4.69) is 16.4 Å². The van der Waals surface area contributed by atoms with Crippen molar-refractivity contribution in [2.75, 3.05) is 0 Å². The van der Waals surface area contributed by atoms with Crippen LogP contribution in [0.1, 0.15) is 22.9 Å². The van der Waals surface area contributed by atoms with Gasteiger partial charge in [-0.1, -0.05) is 35.0 Å². The predicted octanol–water partition coefficient (Wildman–Crippen LogP) is 4.49. The lowest BCUT2D eigenvalue weighted by Gasteiger charge is -1.98. The third kappa shape index (κ3) is 2.48. The van der Waals surface area contributed by atoms with Crippen molar-refractivity contribution in [3.05, 3.63) is 46.1 Å². The van der Waals surface area contributed by atoms with Gasteiger partial charge in [0, 0.05) is 15.0 Å². The summed E-state index contributed by atoms with van der Waals surface area (Å²) in [6.45, 7) is 2.50. The normalized spacial score (nSPS) is 13.0. The van der Waals surface area contributed by atoms with Crippen LogP contribution in [0.3, 0.4) is 0 Å². The van der Waals surface area contributed by atoms with Gasteiger partial charge in [0.25, 0.3) is 0 Å². The molecule has 2 aromatic heterocycles. The molecule has 3 nitrogen and oxygen atoms in total. The number of thiophene rings is 1. The van der Waals surface area contributed by atoms with Gasteiger partial charge in [0.05, 0.1) is 23.1 Å². The van der Waals surface area contributed by atoms with Gasteiger partial charge in [-0.05, 0) is 13.0 Å². The first-order chi connectivity index (χ1) is 9.15. The van der Waals surface area contributed by atoms with Crippen molar-refractivity contribution in [2.45, 2.75) is 18.8 Å². The van der Waals surface area contributed by atoms with Crippen LogP contribution in [0.5, 0.6) is 0 Å². The predicted molar refractivity (Wildman–Crippen MR) is 80.2 cm³/mol. The molecule has 0 aliphatic heterocycles. The van der Waals surface area contributed by atoms with Gasteiger partial charge in [0.2, 0.25) is 0 Å². The molecule has 0 N–H and O–H groups in total. The minimum Gasteiger partial charge on any atom is -0.247 e. The third-order valence-corrected chi connectivity index (χ3v) is 4.79. The van der Waals surface area contributed by atoms with Crippen LogP contribution >= 0.6 is 34.5 Å². The van der Waals surface area contributed by atoms with Crippen LogP contribution in [0.4, 0.5) is 0 Å². The Morgan fingerprint density at radius 3 is 2.84 bits per heavy atom. The van der Waals surface area contributed by atoms with Gasteiger partial charge in [-0.3, -0.25) is 0 Å². The van der Waals surface area contributed by atoms with Crippen LogP contribution in [0.25, 0.3) is 10.1 Å². The van der Waals surface area contributed by atoms with E-state index in [1.54, 1.807) is 16.0 Å². The summed E-state index contributed by atoms with van der Waals surface area (Å²) in [5.74, 6) is 0. The number of hydrogen-bond acceptors (Lipinski definition) is 3. The number of benzene rings is 1. The first-order valence-electron chi connectivity index (χ1n) is 5.85. The van der Waals surface area contributed by atoms with E-state index in [1.807, 2.05) is 31.3 Å². The fourth-order valence-electron chi connectivity index (χ4n) is 1.89. The fourth-order valence-corrected chi connectivity index (χ4v) is 3.47. The van der Waals surface area contributed by atoms with Crippen LogP contribution in [0.2, 0.25) is 5.02 Å². The Morgan fingerprint density at radius 1 is 1.37 bits per heavy atom. The summed E-state index contributed by atoms with van der Waals surface area (Å²) in [6.07, 6.45) is 1.86. The SMILES string of the molecule is CC(Cl)c1cn(Cc2sc3ccccc3c2Cl)nn1. The molecule has 0 spiro atoms. The summed E-state index contributed by atoms with van der Waals surface area (Å²) in [7, 11) is 0. The zero-order chi connectivity index (χ0) is 13.4. The van der Waals surface area contributed by atoms with Gasteiger partial charge in [-0.15, -0.1) is 28.0 Å². The van der Waals surface area contributed by atoms with Gasteiger partial charge in [-0.25, -0.2) is 4.68 Å². The second-order valence-corrected chi connectivity index (χ2v) is 6.46. The molecule has 0 fully saturated rings. The number of rotatable bonds is 3. The Kier molecular flexibility index (Phi) is 3.48. The van der Waals surface area contributed by atoms with Crippen LogP contribution in [0.15, 0.2) is 30.5 Å². The van der Waals surface area contributed by atoms with Gasteiger partial charge < -0.3 is 0 Å². The number of alkyl halides is 1. The maximum Gasteiger partial charge on any atom is 0.100 e. The summed E-state index contributed by atoms with van der Waals surface area (Å²) >= 11 is 14.1. The van der Waals surface area contributed by atoms with Gasteiger partial charge in [0.1, 0.15) is 5.69 Å². The molecule has 2 heterocycles. The summed E-state index contributed by atoms with van der Waals surface area (Å²) in [6, 6.07) is 8.11. The Labute approximate surface area is 124 Å². The van der Waals surface area contributed by atoms with E-state index in [-0.39, 0.29) is 5.38 Å². The Bertz CT molecular complexity index is 718. The number of aromatic nitrogens is 3. The molecule has 0 radical (unpaired) electrons. The molecule has 1 aromatic carbocycles. The second-order valence-electron chi connectivity index (χ2n) is 4.29. The lowest BCUT2D eigenvalue weighted by molar-refractivity contribution is 0.655. The molecule has 6 heteroatoms. The molecule has 1 unspecified atom stereocenters. The average molecular weight is 312 g/mol. The standard InChI is InChI=1S/C13H11Cl2N3S/c1-8(14)10-6-18(17-16-10)7-12-13(15)9-4-2-3-5-11(9)19-12/h2-6,8H,7H2,1H3. The molecule has 0 aliphatic rings. The summed E-state index contributed by atoms with van der Waals surface area (Å²) < 4.78 is 2.96. The van der Waals surface area contributed by atoms with Gasteiger partial charge in [0.15, 0.2) is 0 Å². The van der Waals surface area contributed by atoms with Crippen molar-refractivity contribution in [3.8, 4) is 0 Å². The van der Waals surface area contributed by atoms with Crippen LogP contribution in [0, 0.1) is 0 Å². The zero-order valence-corrected chi connectivity index (χ0v) is 12.5. The minimum atomic E-state index is -0.133. The molecule has 0 saturated heterocycles. The molecule has 98 valence electrons. The van der Waals surface area contributed by atoms with Crippen molar-refractivity contribution < 1.29 is 0 Å². The summed E-state index contributed by atoms with van der Waals surface area (Å²) in [4.78, 5) is 1.08. The highest BCUT2D eigenvalue weighted by atomic mass is 35.5. The van der Waals surface area contributed by atoms with E-state index < -0.39 is 0 Å². The third-order valence-electron chi connectivity index (χ3n) is 2.87. The molecule has 1 atom stereocenters. The Morgan fingerprint density at radius 2 is 2.16 bits per heavy atom. The highest BCUT2D eigenvalue weighted by Crippen LogP contribution is 2.35. The highest BCUT2D eigenvalue weighted by Gasteiger charge is 2.12. The molecular weight excluding hydrogens is 301 g/mol. The molecule has 0 aliphatic carbocycles. The first-order valence-corrected chi connectivity index (χ1v) is 7.48. The van der Waals surface area contributed by atoms with E-state index >= 15 is 0 Å². The molecule has 0 saturated carbocycles. The van der Waals surface area contributed by atoms with E-state index in [0.717, 1.165) is 21.0 Å². The van der Waals surface area contributed by atoms with E-state index in [0.29, 0.717) is 6.54 Å². The largest absolute Gasteiger partial charge is 0.247 e. The van der Waals surface area contributed by atoms with E-state index in [1.165, 1.54) is 4.70 Å². The lowest BCUT2D eigenvalue weighted by Crippen LogP contribution is -1.98.